The molecule has 4 rings (SSSR count). The summed E-state index contributed by atoms with van der Waals surface area (Å²) in [4.78, 5) is 2.73. The van der Waals surface area contributed by atoms with Gasteiger partial charge in [-0.25, -0.2) is 8.42 Å². The smallest absolute Gasteiger partial charge is 0.175 e. The van der Waals surface area contributed by atoms with Crippen LogP contribution in [0.5, 0.6) is 5.75 Å². The fraction of sp³-hybridized carbons (Fsp3) is 0.357. The quantitative estimate of drug-likeness (QED) is 0.458. The monoisotopic (exact) mass is 479 g/mol. The standard InChI is InChI=1S/C28H33NO4S/c1-34(31,32)27-15-13-26(14-16-27)33-22-8-19-29-20-17-25(18-21-29)28(30,23-9-4-2-5-10-23)24-11-6-3-7-12-24/h2-7,9-16,25,30H,8,17-22H2,1H3. The van der Waals surface area contributed by atoms with Crippen molar-refractivity contribution in [1.82, 2.24) is 4.90 Å². The van der Waals surface area contributed by atoms with E-state index in [4.69, 9.17) is 4.74 Å². The molecule has 1 aliphatic rings. The maximum atomic E-state index is 12.0. The van der Waals surface area contributed by atoms with Crippen molar-refractivity contribution < 1.29 is 18.3 Å². The van der Waals surface area contributed by atoms with Gasteiger partial charge in [0.05, 0.1) is 11.5 Å². The van der Waals surface area contributed by atoms with Crippen LogP contribution in [-0.4, -0.2) is 50.9 Å². The molecule has 180 valence electrons. The van der Waals surface area contributed by atoms with Gasteiger partial charge in [0.25, 0.3) is 0 Å². The van der Waals surface area contributed by atoms with E-state index in [0.717, 1.165) is 50.0 Å². The third-order valence-corrected chi connectivity index (χ3v) is 7.87. The lowest BCUT2D eigenvalue weighted by molar-refractivity contribution is -0.0146. The maximum absolute atomic E-state index is 12.0. The van der Waals surface area contributed by atoms with E-state index in [0.29, 0.717) is 17.3 Å². The van der Waals surface area contributed by atoms with Crippen molar-refractivity contribution in [3.05, 3.63) is 96.1 Å². The largest absolute Gasteiger partial charge is 0.494 e. The number of hydrogen-bond acceptors (Lipinski definition) is 5. The highest BCUT2D eigenvalue weighted by Gasteiger charge is 2.41. The molecule has 1 N–H and O–H groups in total. The minimum absolute atomic E-state index is 0.151. The third kappa shape index (κ3) is 5.69. The molecule has 0 amide bonds. The Labute approximate surface area is 202 Å². The number of ether oxygens (including phenoxy) is 1. The molecular formula is C28H33NO4S. The van der Waals surface area contributed by atoms with Gasteiger partial charge in [-0.15, -0.1) is 0 Å². The lowest BCUT2D eigenvalue weighted by atomic mass is 9.72. The molecule has 0 spiro atoms. The van der Waals surface area contributed by atoms with Gasteiger partial charge in [0, 0.05) is 12.8 Å². The summed E-state index contributed by atoms with van der Waals surface area (Å²) in [5.41, 5.74) is 0.917. The molecule has 1 aliphatic heterocycles. The molecule has 0 unspecified atom stereocenters. The van der Waals surface area contributed by atoms with E-state index >= 15 is 0 Å². The number of nitrogens with zero attached hydrogens (tertiary/aromatic N) is 1. The van der Waals surface area contributed by atoms with Crippen molar-refractivity contribution >= 4 is 9.84 Å². The first-order chi connectivity index (χ1) is 16.4. The molecule has 0 aliphatic carbocycles. The van der Waals surface area contributed by atoms with Crippen LogP contribution in [0.3, 0.4) is 0 Å². The van der Waals surface area contributed by atoms with E-state index in [1.165, 1.54) is 6.26 Å². The fourth-order valence-corrected chi connectivity index (χ4v) is 5.49. The Hall–Kier alpha value is -2.67. The molecule has 0 atom stereocenters. The average Bonchev–Trinajstić information content (AvgIpc) is 2.87. The van der Waals surface area contributed by atoms with Gasteiger partial charge in [0.1, 0.15) is 11.4 Å². The van der Waals surface area contributed by atoms with Crippen LogP contribution < -0.4 is 4.74 Å². The van der Waals surface area contributed by atoms with E-state index in [9.17, 15) is 13.5 Å². The van der Waals surface area contributed by atoms with E-state index in [1.54, 1.807) is 24.3 Å². The van der Waals surface area contributed by atoms with Crippen LogP contribution in [0.25, 0.3) is 0 Å². The summed E-state index contributed by atoms with van der Waals surface area (Å²) < 4.78 is 28.9. The summed E-state index contributed by atoms with van der Waals surface area (Å²) in [5.74, 6) is 0.833. The predicted octanol–water partition coefficient (Wildman–Crippen LogP) is 4.51. The Morgan fingerprint density at radius 1 is 0.882 bits per heavy atom. The van der Waals surface area contributed by atoms with Gasteiger partial charge in [-0.2, -0.15) is 0 Å². The molecule has 6 heteroatoms. The molecule has 0 saturated carbocycles. The van der Waals surface area contributed by atoms with Crippen LogP contribution >= 0.6 is 0 Å². The molecule has 34 heavy (non-hydrogen) atoms. The van der Waals surface area contributed by atoms with Crippen LogP contribution in [-0.2, 0) is 15.4 Å². The molecule has 1 fully saturated rings. The van der Waals surface area contributed by atoms with Gasteiger partial charge in [-0.05, 0) is 73.7 Å². The highest BCUT2D eigenvalue weighted by atomic mass is 32.2. The molecule has 0 aromatic heterocycles. The van der Waals surface area contributed by atoms with Crippen LogP contribution in [0.4, 0.5) is 0 Å². The Morgan fingerprint density at radius 2 is 1.41 bits per heavy atom. The van der Waals surface area contributed by atoms with Crippen molar-refractivity contribution in [2.24, 2.45) is 5.92 Å². The van der Waals surface area contributed by atoms with Crippen LogP contribution in [0, 0.1) is 5.92 Å². The third-order valence-electron chi connectivity index (χ3n) is 6.75. The lowest BCUT2D eigenvalue weighted by Crippen LogP contribution is -2.44. The molecular weight excluding hydrogens is 446 g/mol. The first kappa shape index (κ1) is 24.5. The minimum atomic E-state index is -3.19. The minimum Gasteiger partial charge on any atom is -0.494 e. The van der Waals surface area contributed by atoms with Crippen LogP contribution in [0.1, 0.15) is 30.4 Å². The summed E-state index contributed by atoms with van der Waals surface area (Å²) in [6.07, 6.45) is 3.94. The lowest BCUT2D eigenvalue weighted by Gasteiger charge is -2.42. The van der Waals surface area contributed by atoms with E-state index in [-0.39, 0.29) is 5.92 Å². The van der Waals surface area contributed by atoms with Crippen molar-refractivity contribution in [3.63, 3.8) is 0 Å². The van der Waals surface area contributed by atoms with Crippen molar-refractivity contribution in [3.8, 4) is 5.75 Å². The van der Waals surface area contributed by atoms with Gasteiger partial charge in [-0.3, -0.25) is 0 Å². The number of aliphatic hydroxyl groups is 1. The topological polar surface area (TPSA) is 66.8 Å². The maximum Gasteiger partial charge on any atom is 0.175 e. The first-order valence-electron chi connectivity index (χ1n) is 11.9. The van der Waals surface area contributed by atoms with Gasteiger partial charge >= 0.3 is 0 Å². The second-order valence-corrected chi connectivity index (χ2v) is 11.1. The zero-order valence-corrected chi connectivity index (χ0v) is 20.5. The predicted molar refractivity (Wildman–Crippen MR) is 135 cm³/mol. The number of hydrogen-bond donors (Lipinski definition) is 1. The summed E-state index contributed by atoms with van der Waals surface area (Å²) >= 11 is 0. The summed E-state index contributed by atoms with van der Waals surface area (Å²) in [6.45, 7) is 3.39. The molecule has 3 aromatic carbocycles. The van der Waals surface area contributed by atoms with E-state index in [2.05, 4.69) is 4.90 Å². The zero-order valence-electron chi connectivity index (χ0n) is 19.6. The Bertz CT molecular complexity index is 1100. The zero-order chi connectivity index (χ0) is 24.0. The molecule has 3 aromatic rings. The van der Waals surface area contributed by atoms with Gasteiger partial charge in [-0.1, -0.05) is 60.7 Å². The summed E-state index contributed by atoms with van der Waals surface area (Å²) in [6, 6.07) is 26.6. The molecule has 1 heterocycles. The summed E-state index contributed by atoms with van der Waals surface area (Å²) in [5, 5.41) is 12.0. The number of benzene rings is 3. The van der Waals surface area contributed by atoms with Crippen molar-refractivity contribution in [2.75, 3.05) is 32.5 Å². The average molecular weight is 480 g/mol. The normalized spacial score (nSPS) is 15.8. The van der Waals surface area contributed by atoms with Gasteiger partial charge in [0.15, 0.2) is 9.84 Å². The molecule has 0 bridgehead atoms. The highest BCUT2D eigenvalue weighted by Crippen LogP contribution is 2.41. The van der Waals surface area contributed by atoms with Crippen molar-refractivity contribution in [2.45, 2.75) is 29.8 Å². The molecule has 5 nitrogen and oxygen atoms in total. The summed E-state index contributed by atoms with van der Waals surface area (Å²) in [7, 11) is -3.19. The number of piperidine rings is 1. The fourth-order valence-electron chi connectivity index (χ4n) is 4.86. The number of likely N-dealkylation sites (tertiary alicyclic amines) is 1. The van der Waals surface area contributed by atoms with E-state index < -0.39 is 15.4 Å². The van der Waals surface area contributed by atoms with Gasteiger partial charge < -0.3 is 14.7 Å². The highest BCUT2D eigenvalue weighted by molar-refractivity contribution is 7.90. The first-order valence-corrected chi connectivity index (χ1v) is 13.8. The van der Waals surface area contributed by atoms with Crippen molar-refractivity contribution in [1.29, 1.82) is 0 Å². The van der Waals surface area contributed by atoms with Gasteiger partial charge in [0.2, 0.25) is 0 Å². The van der Waals surface area contributed by atoms with E-state index in [1.807, 2.05) is 60.7 Å². The Kier molecular flexibility index (Phi) is 7.71. The van der Waals surface area contributed by atoms with Crippen LogP contribution in [0.15, 0.2) is 89.8 Å². The second-order valence-electron chi connectivity index (χ2n) is 9.06. The SMILES string of the molecule is CS(=O)(=O)c1ccc(OCCCN2CCC(C(O)(c3ccccc3)c3ccccc3)CC2)cc1. The Balaban J connectivity index is 1.30. The molecule has 0 radical (unpaired) electrons. The number of sulfone groups is 1. The second kappa shape index (κ2) is 10.7. The Morgan fingerprint density at radius 3 is 1.91 bits per heavy atom. The molecule has 1 saturated heterocycles. The van der Waals surface area contributed by atoms with Crippen LogP contribution in [0.2, 0.25) is 0 Å². The number of rotatable bonds is 9.